The fourth-order valence-electron chi connectivity index (χ4n) is 1.44. The van der Waals surface area contributed by atoms with Crippen molar-refractivity contribution in [2.75, 3.05) is 7.11 Å². The van der Waals surface area contributed by atoms with Crippen LogP contribution in [0, 0.1) is 0 Å². The van der Waals surface area contributed by atoms with Crippen molar-refractivity contribution in [1.82, 2.24) is 0 Å². The quantitative estimate of drug-likeness (QED) is 0.592. The number of ether oxygens (including phenoxy) is 1. The Morgan fingerprint density at radius 2 is 1.75 bits per heavy atom. The summed E-state index contributed by atoms with van der Waals surface area (Å²) in [6.07, 6.45) is 1.11. The summed E-state index contributed by atoms with van der Waals surface area (Å²) < 4.78 is 4.66. The molecule has 0 saturated heterocycles. The lowest BCUT2D eigenvalue weighted by atomic mass is 10.1. The zero-order valence-electron chi connectivity index (χ0n) is 10.5. The Morgan fingerprint density at radius 3 is 2.19 bits per heavy atom. The van der Waals surface area contributed by atoms with E-state index in [1.807, 2.05) is 24.3 Å². The van der Waals surface area contributed by atoms with Gasteiger partial charge in [-0.3, -0.25) is 0 Å². The van der Waals surface area contributed by atoms with Gasteiger partial charge in [0.25, 0.3) is 0 Å². The van der Waals surface area contributed by atoms with Crippen LogP contribution in [0.1, 0.15) is 15.9 Å². The Balaban J connectivity index is 2.62. The van der Waals surface area contributed by atoms with Crippen molar-refractivity contribution in [2.45, 2.75) is 32.1 Å². The average molecular weight is 236 g/mol. The molecule has 0 aliphatic rings. The van der Waals surface area contributed by atoms with Gasteiger partial charge in [-0.2, -0.15) is 0 Å². The molecule has 0 aliphatic carbocycles. The maximum atomic E-state index is 11.2. The molecule has 88 valence electrons. The molecule has 0 N–H and O–H groups in total. The zero-order valence-corrected chi connectivity index (χ0v) is 11.5. The van der Waals surface area contributed by atoms with Crippen molar-refractivity contribution in [3.63, 3.8) is 0 Å². The number of carbonyl (C=O) groups excluding carboxylic acids is 1. The van der Waals surface area contributed by atoms with Gasteiger partial charge in [-0.15, -0.1) is 0 Å². The standard InChI is InChI=1S/C13H20O2Si/c1-15-13(14)12-7-5-11(6-8-12)9-10-16(2,3)4/h5-8H,9-10H2,1-4H3. The first-order valence-electron chi connectivity index (χ1n) is 5.59. The Kier molecular flexibility index (Phi) is 4.30. The molecule has 0 amide bonds. The van der Waals surface area contributed by atoms with E-state index >= 15 is 0 Å². The minimum Gasteiger partial charge on any atom is -0.465 e. The molecule has 1 aromatic carbocycles. The van der Waals surface area contributed by atoms with Crippen LogP contribution in [-0.2, 0) is 11.2 Å². The number of carbonyl (C=O) groups is 1. The van der Waals surface area contributed by atoms with Gasteiger partial charge >= 0.3 is 5.97 Å². The van der Waals surface area contributed by atoms with Crippen LogP contribution in [0.5, 0.6) is 0 Å². The van der Waals surface area contributed by atoms with Crippen molar-refractivity contribution in [3.8, 4) is 0 Å². The summed E-state index contributed by atoms with van der Waals surface area (Å²) in [5.74, 6) is -0.267. The molecule has 16 heavy (non-hydrogen) atoms. The smallest absolute Gasteiger partial charge is 0.337 e. The van der Waals surface area contributed by atoms with Gasteiger partial charge in [-0.25, -0.2) is 4.79 Å². The second kappa shape index (κ2) is 5.30. The lowest BCUT2D eigenvalue weighted by Crippen LogP contribution is -2.19. The zero-order chi connectivity index (χ0) is 12.2. The molecule has 0 aliphatic heterocycles. The molecule has 0 bridgehead atoms. The number of aryl methyl sites for hydroxylation is 1. The third-order valence-electron chi connectivity index (χ3n) is 2.54. The Morgan fingerprint density at radius 1 is 1.19 bits per heavy atom. The van der Waals surface area contributed by atoms with E-state index in [2.05, 4.69) is 24.4 Å². The highest BCUT2D eigenvalue weighted by atomic mass is 28.3. The average Bonchev–Trinajstić information content (AvgIpc) is 2.25. The van der Waals surface area contributed by atoms with Crippen molar-refractivity contribution in [2.24, 2.45) is 0 Å². The fraction of sp³-hybridized carbons (Fsp3) is 0.462. The van der Waals surface area contributed by atoms with Crippen molar-refractivity contribution < 1.29 is 9.53 Å². The first kappa shape index (κ1) is 13.0. The summed E-state index contributed by atoms with van der Waals surface area (Å²) in [6.45, 7) is 7.11. The number of benzene rings is 1. The topological polar surface area (TPSA) is 26.3 Å². The molecule has 0 spiro atoms. The molecule has 0 atom stereocenters. The van der Waals surface area contributed by atoms with Crippen LogP contribution >= 0.6 is 0 Å². The van der Waals surface area contributed by atoms with E-state index in [0.717, 1.165) is 6.42 Å². The molecule has 2 nitrogen and oxygen atoms in total. The van der Waals surface area contributed by atoms with E-state index in [1.165, 1.54) is 18.7 Å². The highest BCUT2D eigenvalue weighted by molar-refractivity contribution is 6.76. The molecule has 0 heterocycles. The lowest BCUT2D eigenvalue weighted by Gasteiger charge is -2.15. The number of esters is 1. The van der Waals surface area contributed by atoms with E-state index in [9.17, 15) is 4.79 Å². The highest BCUT2D eigenvalue weighted by Crippen LogP contribution is 2.14. The first-order chi connectivity index (χ1) is 7.42. The maximum Gasteiger partial charge on any atom is 0.337 e. The fourth-order valence-corrected chi connectivity index (χ4v) is 2.48. The van der Waals surface area contributed by atoms with Crippen molar-refractivity contribution in [3.05, 3.63) is 35.4 Å². The van der Waals surface area contributed by atoms with Gasteiger partial charge in [0.2, 0.25) is 0 Å². The second-order valence-corrected chi connectivity index (χ2v) is 10.9. The van der Waals surface area contributed by atoms with Gasteiger partial charge in [0.05, 0.1) is 12.7 Å². The third kappa shape index (κ3) is 4.19. The van der Waals surface area contributed by atoms with Crippen LogP contribution in [0.25, 0.3) is 0 Å². The third-order valence-corrected chi connectivity index (χ3v) is 4.29. The summed E-state index contributed by atoms with van der Waals surface area (Å²) in [4.78, 5) is 11.2. The Bertz CT molecular complexity index is 349. The minimum absolute atomic E-state index is 0.267. The summed E-state index contributed by atoms with van der Waals surface area (Å²) in [5.41, 5.74) is 1.93. The molecule has 0 saturated carbocycles. The molecule has 0 unspecified atom stereocenters. The predicted molar refractivity (Wildman–Crippen MR) is 69.6 cm³/mol. The van der Waals surface area contributed by atoms with Crippen molar-refractivity contribution in [1.29, 1.82) is 0 Å². The molecular weight excluding hydrogens is 216 g/mol. The van der Waals surface area contributed by atoms with E-state index < -0.39 is 8.07 Å². The maximum absolute atomic E-state index is 11.2. The Hall–Kier alpha value is -1.09. The number of rotatable bonds is 4. The van der Waals surface area contributed by atoms with E-state index in [-0.39, 0.29) is 5.97 Å². The van der Waals surface area contributed by atoms with E-state index in [4.69, 9.17) is 0 Å². The summed E-state index contributed by atoms with van der Waals surface area (Å²) in [7, 11) is 0.430. The van der Waals surface area contributed by atoms with Crippen LogP contribution in [0.4, 0.5) is 0 Å². The highest BCUT2D eigenvalue weighted by Gasteiger charge is 2.12. The van der Waals surface area contributed by atoms with Crippen LogP contribution in [0.2, 0.25) is 25.7 Å². The van der Waals surface area contributed by atoms with Crippen LogP contribution < -0.4 is 0 Å². The molecule has 0 aromatic heterocycles. The number of hydrogen-bond donors (Lipinski definition) is 0. The van der Waals surface area contributed by atoms with E-state index in [0.29, 0.717) is 5.56 Å². The Labute approximate surface area is 98.6 Å². The SMILES string of the molecule is COC(=O)c1ccc(CC[Si](C)(C)C)cc1. The normalized spacial score (nSPS) is 11.2. The minimum atomic E-state index is -0.974. The molecular formula is C13H20O2Si. The van der Waals surface area contributed by atoms with Gasteiger partial charge in [0.1, 0.15) is 0 Å². The predicted octanol–water partition coefficient (Wildman–Crippen LogP) is 3.35. The van der Waals surface area contributed by atoms with Gasteiger partial charge in [0.15, 0.2) is 0 Å². The molecule has 1 aromatic rings. The summed E-state index contributed by atoms with van der Waals surface area (Å²) in [6, 6.07) is 9.00. The van der Waals surface area contributed by atoms with Crippen LogP contribution in [0.15, 0.2) is 24.3 Å². The van der Waals surface area contributed by atoms with Gasteiger partial charge in [-0.1, -0.05) is 37.8 Å². The summed E-state index contributed by atoms with van der Waals surface area (Å²) in [5, 5.41) is 0. The van der Waals surface area contributed by atoms with E-state index in [1.54, 1.807) is 0 Å². The number of hydrogen-bond acceptors (Lipinski definition) is 2. The number of methoxy groups -OCH3 is 1. The van der Waals surface area contributed by atoms with Crippen LogP contribution in [-0.4, -0.2) is 21.2 Å². The first-order valence-corrected chi connectivity index (χ1v) is 9.30. The largest absolute Gasteiger partial charge is 0.465 e. The van der Waals surface area contributed by atoms with Gasteiger partial charge in [-0.05, 0) is 24.1 Å². The monoisotopic (exact) mass is 236 g/mol. The molecule has 3 heteroatoms. The molecule has 0 fully saturated rings. The van der Waals surface area contributed by atoms with Crippen LogP contribution in [0.3, 0.4) is 0 Å². The molecule has 0 radical (unpaired) electrons. The lowest BCUT2D eigenvalue weighted by molar-refractivity contribution is 0.0600. The second-order valence-electron chi connectivity index (χ2n) is 5.25. The van der Waals surface area contributed by atoms with Gasteiger partial charge < -0.3 is 4.74 Å². The molecule has 1 rings (SSSR count). The summed E-state index contributed by atoms with van der Waals surface area (Å²) >= 11 is 0. The van der Waals surface area contributed by atoms with Crippen molar-refractivity contribution >= 4 is 14.0 Å². The van der Waals surface area contributed by atoms with Gasteiger partial charge in [0, 0.05) is 8.07 Å².